The van der Waals surface area contributed by atoms with Crippen LogP contribution in [0.15, 0.2) is 29.3 Å². The highest BCUT2D eigenvalue weighted by Crippen LogP contribution is 2.43. The Morgan fingerprint density at radius 1 is 1.42 bits per heavy atom. The molecule has 3 nitrogen and oxygen atoms in total. The molecule has 1 fully saturated rings. The fourth-order valence-corrected chi connectivity index (χ4v) is 3.82. The average molecular weight is 278 g/mol. The minimum atomic E-state index is 0.0484. The van der Waals surface area contributed by atoms with Gasteiger partial charge in [-0.25, -0.2) is 0 Å². The standard InChI is InChI=1S/C15H20ClN3/c1-11-5-4-8-15(9-11)10-18-14(17)19(15)13-7-3-2-6-12(13)16/h2-3,6-7,11H,4-5,8-10H2,1H3,(H2,17,18). The summed E-state index contributed by atoms with van der Waals surface area (Å²) in [7, 11) is 0. The molecule has 102 valence electrons. The number of hydrogen-bond acceptors (Lipinski definition) is 3. The second kappa shape index (κ2) is 4.71. The van der Waals surface area contributed by atoms with E-state index in [1.165, 1.54) is 12.8 Å². The topological polar surface area (TPSA) is 41.6 Å². The third kappa shape index (κ3) is 2.10. The summed E-state index contributed by atoms with van der Waals surface area (Å²) < 4.78 is 0. The highest BCUT2D eigenvalue weighted by molar-refractivity contribution is 6.34. The molecule has 2 N–H and O–H groups in total. The SMILES string of the molecule is CC1CCCC2(CN=C(N)N2c2ccccc2Cl)C1. The molecule has 1 aromatic rings. The third-order valence-corrected chi connectivity index (χ3v) is 4.72. The van der Waals surface area contributed by atoms with Gasteiger partial charge >= 0.3 is 0 Å². The molecule has 0 bridgehead atoms. The van der Waals surface area contributed by atoms with Gasteiger partial charge in [0.15, 0.2) is 5.96 Å². The number of benzene rings is 1. The Kier molecular flexibility index (Phi) is 3.17. The molecule has 1 spiro atoms. The van der Waals surface area contributed by atoms with Gasteiger partial charge in [0.2, 0.25) is 0 Å². The molecule has 1 aliphatic carbocycles. The molecule has 2 atom stereocenters. The van der Waals surface area contributed by atoms with Gasteiger partial charge in [0.1, 0.15) is 0 Å². The summed E-state index contributed by atoms with van der Waals surface area (Å²) in [5.74, 6) is 1.34. The van der Waals surface area contributed by atoms with Crippen LogP contribution in [-0.2, 0) is 0 Å². The number of aliphatic imine (C=N–C) groups is 1. The van der Waals surface area contributed by atoms with Crippen molar-refractivity contribution < 1.29 is 0 Å². The second-order valence-electron chi connectivity index (χ2n) is 5.89. The second-order valence-corrected chi connectivity index (χ2v) is 6.29. The molecule has 2 unspecified atom stereocenters. The van der Waals surface area contributed by atoms with Crippen LogP contribution in [0.4, 0.5) is 5.69 Å². The van der Waals surface area contributed by atoms with Crippen LogP contribution in [0, 0.1) is 5.92 Å². The predicted octanol–water partition coefficient (Wildman–Crippen LogP) is 3.42. The molecule has 1 saturated carbocycles. The molecule has 0 aromatic heterocycles. The molecule has 0 amide bonds. The fourth-order valence-electron chi connectivity index (χ4n) is 3.60. The third-order valence-electron chi connectivity index (χ3n) is 4.40. The van der Waals surface area contributed by atoms with Gasteiger partial charge in [0, 0.05) is 0 Å². The summed E-state index contributed by atoms with van der Waals surface area (Å²) in [6, 6.07) is 7.91. The quantitative estimate of drug-likeness (QED) is 0.854. The summed E-state index contributed by atoms with van der Waals surface area (Å²) in [4.78, 5) is 6.69. The summed E-state index contributed by atoms with van der Waals surface area (Å²) in [5, 5.41) is 0.750. The van der Waals surface area contributed by atoms with E-state index in [0.717, 1.165) is 36.0 Å². The smallest absolute Gasteiger partial charge is 0.196 e. The lowest BCUT2D eigenvalue weighted by Crippen LogP contribution is -2.54. The monoisotopic (exact) mass is 277 g/mol. The number of hydrogen-bond donors (Lipinski definition) is 1. The number of rotatable bonds is 1. The Bertz CT molecular complexity index is 514. The highest BCUT2D eigenvalue weighted by atomic mass is 35.5. The zero-order valence-electron chi connectivity index (χ0n) is 11.3. The van der Waals surface area contributed by atoms with Gasteiger partial charge in [-0.15, -0.1) is 0 Å². The zero-order valence-corrected chi connectivity index (χ0v) is 12.0. The van der Waals surface area contributed by atoms with Crippen LogP contribution in [-0.4, -0.2) is 18.0 Å². The normalized spacial score (nSPS) is 30.7. The Hall–Kier alpha value is -1.22. The molecule has 1 heterocycles. The van der Waals surface area contributed by atoms with E-state index in [4.69, 9.17) is 17.3 Å². The average Bonchev–Trinajstić information content (AvgIpc) is 2.67. The first-order chi connectivity index (χ1) is 9.12. The number of nitrogens with two attached hydrogens (primary N) is 1. The number of guanidine groups is 1. The first-order valence-electron chi connectivity index (χ1n) is 6.97. The molecule has 2 aliphatic rings. The van der Waals surface area contributed by atoms with Gasteiger partial charge < -0.3 is 10.6 Å². The Morgan fingerprint density at radius 3 is 2.95 bits per heavy atom. The minimum Gasteiger partial charge on any atom is -0.369 e. The molecule has 0 radical (unpaired) electrons. The largest absolute Gasteiger partial charge is 0.369 e. The van der Waals surface area contributed by atoms with Crippen LogP contribution in [0.3, 0.4) is 0 Å². The zero-order chi connectivity index (χ0) is 13.5. The van der Waals surface area contributed by atoms with E-state index in [0.29, 0.717) is 5.96 Å². The molecule has 19 heavy (non-hydrogen) atoms. The van der Waals surface area contributed by atoms with Crippen molar-refractivity contribution in [2.75, 3.05) is 11.4 Å². The maximum Gasteiger partial charge on any atom is 0.196 e. The molecule has 1 aliphatic heterocycles. The summed E-state index contributed by atoms with van der Waals surface area (Å²) >= 11 is 6.36. The van der Waals surface area contributed by atoms with Crippen molar-refractivity contribution in [3.05, 3.63) is 29.3 Å². The maximum atomic E-state index is 6.36. The number of para-hydroxylation sites is 1. The lowest BCUT2D eigenvalue weighted by atomic mass is 9.75. The molecule has 0 saturated heterocycles. The van der Waals surface area contributed by atoms with Crippen LogP contribution in [0.2, 0.25) is 5.02 Å². The van der Waals surface area contributed by atoms with Crippen molar-refractivity contribution in [2.24, 2.45) is 16.6 Å². The van der Waals surface area contributed by atoms with Gasteiger partial charge in [-0.2, -0.15) is 0 Å². The van der Waals surface area contributed by atoms with Crippen LogP contribution in [0.1, 0.15) is 32.6 Å². The van der Waals surface area contributed by atoms with Crippen LogP contribution in [0.5, 0.6) is 0 Å². The summed E-state index contributed by atoms with van der Waals surface area (Å²) in [5.41, 5.74) is 7.19. The Balaban J connectivity index is 2.01. The van der Waals surface area contributed by atoms with Crippen molar-refractivity contribution in [3.8, 4) is 0 Å². The maximum absolute atomic E-state index is 6.36. The van der Waals surface area contributed by atoms with E-state index in [-0.39, 0.29) is 5.54 Å². The number of anilines is 1. The number of nitrogens with zero attached hydrogens (tertiary/aromatic N) is 2. The van der Waals surface area contributed by atoms with Crippen molar-refractivity contribution in [3.63, 3.8) is 0 Å². The van der Waals surface area contributed by atoms with Gasteiger partial charge in [-0.1, -0.05) is 43.5 Å². The van der Waals surface area contributed by atoms with Gasteiger partial charge in [0.05, 0.1) is 22.8 Å². The van der Waals surface area contributed by atoms with E-state index < -0.39 is 0 Å². The fraction of sp³-hybridized carbons (Fsp3) is 0.533. The van der Waals surface area contributed by atoms with Gasteiger partial charge in [-0.3, -0.25) is 4.99 Å². The Morgan fingerprint density at radius 2 is 2.21 bits per heavy atom. The summed E-state index contributed by atoms with van der Waals surface area (Å²) in [6.07, 6.45) is 4.83. The van der Waals surface area contributed by atoms with Crippen molar-refractivity contribution in [1.82, 2.24) is 0 Å². The lowest BCUT2D eigenvalue weighted by Gasteiger charge is -2.44. The van der Waals surface area contributed by atoms with Gasteiger partial charge in [-0.05, 0) is 30.9 Å². The number of halogens is 1. The Labute approximate surface area is 119 Å². The minimum absolute atomic E-state index is 0.0484. The van der Waals surface area contributed by atoms with E-state index >= 15 is 0 Å². The van der Waals surface area contributed by atoms with Crippen LogP contribution < -0.4 is 10.6 Å². The molecular formula is C15H20ClN3. The van der Waals surface area contributed by atoms with E-state index in [1.54, 1.807) is 0 Å². The van der Waals surface area contributed by atoms with Crippen molar-refractivity contribution in [1.29, 1.82) is 0 Å². The molecule has 1 aromatic carbocycles. The van der Waals surface area contributed by atoms with Crippen LogP contribution in [0.25, 0.3) is 0 Å². The molecular weight excluding hydrogens is 258 g/mol. The van der Waals surface area contributed by atoms with Gasteiger partial charge in [0.25, 0.3) is 0 Å². The van der Waals surface area contributed by atoms with Crippen molar-refractivity contribution >= 4 is 23.2 Å². The van der Waals surface area contributed by atoms with E-state index in [2.05, 4.69) is 16.8 Å². The first-order valence-corrected chi connectivity index (χ1v) is 7.35. The van der Waals surface area contributed by atoms with Crippen molar-refractivity contribution in [2.45, 2.75) is 38.1 Å². The van der Waals surface area contributed by atoms with E-state index in [1.807, 2.05) is 24.3 Å². The first kappa shape index (κ1) is 12.8. The molecule has 3 rings (SSSR count). The molecule has 4 heteroatoms. The van der Waals surface area contributed by atoms with E-state index in [9.17, 15) is 0 Å². The summed E-state index contributed by atoms with van der Waals surface area (Å²) in [6.45, 7) is 3.12. The van der Waals surface area contributed by atoms with Crippen LogP contribution >= 0.6 is 11.6 Å². The predicted molar refractivity (Wildman–Crippen MR) is 80.8 cm³/mol. The highest BCUT2D eigenvalue weighted by Gasteiger charge is 2.45. The lowest BCUT2D eigenvalue weighted by molar-refractivity contribution is 0.253.